The zero-order chi connectivity index (χ0) is 17.0. The molecule has 0 atom stereocenters. The number of nitrogens with two attached hydrogens (primary N) is 1. The van der Waals surface area contributed by atoms with Gasteiger partial charge in [-0.25, -0.2) is 0 Å². The summed E-state index contributed by atoms with van der Waals surface area (Å²) in [6.45, 7) is 1.47. The summed E-state index contributed by atoms with van der Waals surface area (Å²) in [5, 5.41) is 3.15. The molecule has 128 valence electrons. The van der Waals surface area contributed by atoms with Gasteiger partial charge in [0.15, 0.2) is 5.11 Å². The Morgan fingerprint density at radius 3 is 2.12 bits per heavy atom. The summed E-state index contributed by atoms with van der Waals surface area (Å²) < 4.78 is 11.4. The van der Waals surface area contributed by atoms with E-state index in [1.165, 1.54) is 0 Å². The Morgan fingerprint density at radius 2 is 1.46 bits per heavy atom. The van der Waals surface area contributed by atoms with E-state index in [-0.39, 0.29) is 5.11 Å². The molecule has 2 rings (SSSR count). The Balaban J connectivity index is 1.53. The summed E-state index contributed by atoms with van der Waals surface area (Å²) in [7, 11) is 0. The number of para-hydroxylation sites is 1. The zero-order valence-corrected chi connectivity index (χ0v) is 14.6. The highest BCUT2D eigenvalue weighted by Gasteiger charge is 1.98. The molecule has 0 fully saturated rings. The second-order valence-electron chi connectivity index (χ2n) is 5.44. The van der Waals surface area contributed by atoms with Gasteiger partial charge in [-0.05, 0) is 62.2 Å². The smallest absolute Gasteiger partial charge is 0.168 e. The number of hydrogen-bond acceptors (Lipinski definition) is 3. The van der Waals surface area contributed by atoms with Gasteiger partial charge < -0.3 is 20.5 Å². The molecule has 0 radical (unpaired) electrons. The summed E-state index contributed by atoms with van der Waals surface area (Å²) in [6.07, 6.45) is 4.35. The third kappa shape index (κ3) is 7.33. The van der Waals surface area contributed by atoms with E-state index in [0.717, 1.165) is 49.5 Å². The Hall–Kier alpha value is -2.27. The lowest BCUT2D eigenvalue weighted by Crippen LogP contribution is -2.18. The van der Waals surface area contributed by atoms with Crippen molar-refractivity contribution >= 4 is 23.0 Å². The number of rotatable bonds is 10. The fourth-order valence-electron chi connectivity index (χ4n) is 2.26. The maximum atomic E-state index is 5.75. The third-order valence-electron chi connectivity index (χ3n) is 3.42. The maximum Gasteiger partial charge on any atom is 0.168 e. The number of ether oxygens (including phenoxy) is 2. The average molecular weight is 344 g/mol. The molecule has 0 unspecified atom stereocenters. The van der Waals surface area contributed by atoms with E-state index in [0.29, 0.717) is 6.61 Å². The van der Waals surface area contributed by atoms with E-state index < -0.39 is 0 Å². The molecule has 0 bridgehead atoms. The molecule has 0 aliphatic carbocycles. The number of benzene rings is 2. The van der Waals surface area contributed by atoms with Crippen LogP contribution >= 0.6 is 12.2 Å². The first-order valence-corrected chi connectivity index (χ1v) is 8.62. The normalized spacial score (nSPS) is 10.2. The van der Waals surface area contributed by atoms with Crippen molar-refractivity contribution in [1.82, 2.24) is 0 Å². The van der Waals surface area contributed by atoms with Crippen LogP contribution in [-0.2, 0) is 0 Å². The van der Waals surface area contributed by atoms with Crippen molar-refractivity contribution in [2.75, 3.05) is 18.5 Å². The van der Waals surface area contributed by atoms with Crippen LogP contribution in [0.2, 0.25) is 0 Å². The molecule has 0 heterocycles. The molecule has 5 heteroatoms. The molecule has 0 aromatic heterocycles. The summed E-state index contributed by atoms with van der Waals surface area (Å²) in [5.41, 5.74) is 6.31. The summed E-state index contributed by atoms with van der Waals surface area (Å²) in [5.74, 6) is 1.76. The molecule has 2 aromatic carbocycles. The Labute approximate surface area is 149 Å². The summed E-state index contributed by atoms with van der Waals surface area (Å²) >= 11 is 4.82. The number of thiocarbonyl (C=S) groups is 1. The largest absolute Gasteiger partial charge is 0.494 e. The quantitative estimate of drug-likeness (QED) is 0.495. The van der Waals surface area contributed by atoms with Crippen LogP contribution in [-0.4, -0.2) is 18.3 Å². The van der Waals surface area contributed by atoms with E-state index in [1.54, 1.807) is 0 Å². The highest BCUT2D eigenvalue weighted by molar-refractivity contribution is 7.80. The summed E-state index contributed by atoms with van der Waals surface area (Å²) in [6, 6.07) is 17.6. The fraction of sp³-hybridized carbons (Fsp3) is 0.316. The second-order valence-corrected chi connectivity index (χ2v) is 5.88. The van der Waals surface area contributed by atoms with Gasteiger partial charge in [-0.3, -0.25) is 0 Å². The molecule has 24 heavy (non-hydrogen) atoms. The molecule has 3 N–H and O–H groups in total. The van der Waals surface area contributed by atoms with Crippen LogP contribution in [0, 0.1) is 0 Å². The molecule has 0 aliphatic heterocycles. The van der Waals surface area contributed by atoms with Crippen molar-refractivity contribution in [3.05, 3.63) is 54.6 Å². The minimum Gasteiger partial charge on any atom is -0.494 e. The van der Waals surface area contributed by atoms with Crippen LogP contribution in [0.1, 0.15) is 25.7 Å². The van der Waals surface area contributed by atoms with E-state index in [1.807, 2.05) is 54.6 Å². The molecule has 0 saturated heterocycles. The molecular weight excluding hydrogens is 320 g/mol. The van der Waals surface area contributed by atoms with Gasteiger partial charge in [0.25, 0.3) is 0 Å². The molecule has 2 aromatic rings. The molecule has 0 spiro atoms. The van der Waals surface area contributed by atoms with Gasteiger partial charge >= 0.3 is 0 Å². The third-order valence-corrected chi connectivity index (χ3v) is 3.52. The van der Waals surface area contributed by atoms with Gasteiger partial charge in [0.1, 0.15) is 11.5 Å². The first kappa shape index (κ1) is 18.1. The molecule has 0 amide bonds. The predicted molar refractivity (Wildman–Crippen MR) is 103 cm³/mol. The Morgan fingerprint density at radius 1 is 0.833 bits per heavy atom. The highest BCUT2D eigenvalue weighted by Crippen LogP contribution is 2.17. The Kier molecular flexibility index (Phi) is 7.90. The molecule has 0 aliphatic rings. The maximum absolute atomic E-state index is 5.75. The van der Waals surface area contributed by atoms with Crippen molar-refractivity contribution in [2.45, 2.75) is 25.7 Å². The van der Waals surface area contributed by atoms with Crippen LogP contribution < -0.4 is 20.5 Å². The minimum absolute atomic E-state index is 0.255. The Bertz CT molecular complexity index is 620. The van der Waals surface area contributed by atoms with E-state index in [4.69, 9.17) is 27.4 Å². The van der Waals surface area contributed by atoms with Gasteiger partial charge in [-0.1, -0.05) is 24.3 Å². The molecule has 4 nitrogen and oxygen atoms in total. The fourth-order valence-corrected chi connectivity index (χ4v) is 2.38. The zero-order valence-electron chi connectivity index (χ0n) is 13.7. The monoisotopic (exact) mass is 344 g/mol. The lowest BCUT2D eigenvalue weighted by Gasteiger charge is -2.09. The predicted octanol–water partition coefficient (Wildman–Crippen LogP) is 4.36. The number of unbranched alkanes of at least 4 members (excludes halogenated alkanes) is 3. The first-order chi connectivity index (χ1) is 11.7. The van der Waals surface area contributed by atoms with E-state index in [2.05, 4.69) is 5.32 Å². The van der Waals surface area contributed by atoms with Crippen LogP contribution in [0.4, 0.5) is 5.69 Å². The highest BCUT2D eigenvalue weighted by atomic mass is 32.1. The van der Waals surface area contributed by atoms with Gasteiger partial charge in [-0.2, -0.15) is 0 Å². The number of anilines is 1. The van der Waals surface area contributed by atoms with Crippen molar-refractivity contribution < 1.29 is 9.47 Å². The first-order valence-electron chi connectivity index (χ1n) is 8.21. The van der Waals surface area contributed by atoms with Crippen molar-refractivity contribution in [3.63, 3.8) is 0 Å². The SMILES string of the molecule is NC(=S)Nc1cccc(OCCCCCCOc2ccccc2)c1. The van der Waals surface area contributed by atoms with Crippen LogP contribution in [0.25, 0.3) is 0 Å². The van der Waals surface area contributed by atoms with Crippen molar-refractivity contribution in [2.24, 2.45) is 5.73 Å². The standard InChI is InChI=1S/C19H24N2O2S/c20-19(24)21-16-9-8-12-18(15-16)23-14-7-2-1-6-13-22-17-10-4-3-5-11-17/h3-5,8-12,15H,1-2,6-7,13-14H2,(H3,20,21,24). The van der Waals surface area contributed by atoms with E-state index >= 15 is 0 Å². The van der Waals surface area contributed by atoms with Crippen LogP contribution in [0.15, 0.2) is 54.6 Å². The van der Waals surface area contributed by atoms with Gasteiger partial charge in [0.05, 0.1) is 13.2 Å². The number of hydrogen-bond donors (Lipinski definition) is 2. The van der Waals surface area contributed by atoms with Crippen LogP contribution in [0.3, 0.4) is 0 Å². The van der Waals surface area contributed by atoms with Crippen molar-refractivity contribution in [1.29, 1.82) is 0 Å². The van der Waals surface area contributed by atoms with Gasteiger partial charge in [-0.15, -0.1) is 0 Å². The topological polar surface area (TPSA) is 56.5 Å². The summed E-state index contributed by atoms with van der Waals surface area (Å²) in [4.78, 5) is 0. The van der Waals surface area contributed by atoms with Crippen molar-refractivity contribution in [3.8, 4) is 11.5 Å². The lowest BCUT2D eigenvalue weighted by molar-refractivity contribution is 0.287. The van der Waals surface area contributed by atoms with E-state index in [9.17, 15) is 0 Å². The van der Waals surface area contributed by atoms with Gasteiger partial charge in [0.2, 0.25) is 0 Å². The molecular formula is C19H24N2O2S. The lowest BCUT2D eigenvalue weighted by atomic mass is 10.2. The second kappa shape index (κ2) is 10.5. The average Bonchev–Trinajstić information content (AvgIpc) is 2.58. The van der Waals surface area contributed by atoms with Gasteiger partial charge in [0, 0.05) is 11.8 Å². The minimum atomic E-state index is 0.255. The van der Waals surface area contributed by atoms with Crippen LogP contribution in [0.5, 0.6) is 11.5 Å². The molecule has 0 saturated carbocycles. The number of nitrogens with one attached hydrogen (secondary N) is 1.